The van der Waals surface area contributed by atoms with E-state index in [9.17, 15) is 9.59 Å². The van der Waals surface area contributed by atoms with E-state index in [0.717, 1.165) is 43.8 Å². The minimum absolute atomic E-state index is 0.0600. The molecule has 81 heavy (non-hydrogen) atoms. The van der Waals surface area contributed by atoms with Crippen molar-refractivity contribution in [2.75, 3.05) is 0 Å². The Kier molecular flexibility index (Phi) is 18.1. The molecule has 0 spiro atoms. The summed E-state index contributed by atoms with van der Waals surface area (Å²) in [5.41, 5.74) is 25.2. The Labute approximate surface area is 489 Å². The number of aryl methyl sites for hydroxylation is 8. The summed E-state index contributed by atoms with van der Waals surface area (Å²) >= 11 is 0. The van der Waals surface area contributed by atoms with Crippen LogP contribution in [-0.2, 0) is 0 Å². The smallest absolute Gasteiger partial charge is 0.194 e. The van der Waals surface area contributed by atoms with Crippen LogP contribution in [-0.4, -0.2) is 35.8 Å². The number of rotatable bonds is 9. The van der Waals surface area contributed by atoms with Crippen molar-refractivity contribution in [1.29, 1.82) is 0 Å². The molecule has 10 rings (SSSR count). The van der Waals surface area contributed by atoms with Crippen LogP contribution in [0.25, 0.3) is 64.6 Å². The van der Waals surface area contributed by atoms with E-state index in [1.54, 1.807) is 0 Å². The van der Waals surface area contributed by atoms with E-state index in [1.165, 1.54) is 131 Å². The van der Waals surface area contributed by atoms with Crippen LogP contribution in [0.1, 0.15) is 150 Å². The largest absolute Gasteiger partial charge is 0.289 e. The van der Waals surface area contributed by atoms with Gasteiger partial charge in [-0.05, 0) is 267 Å². The molecule has 0 fully saturated rings. The Morgan fingerprint density at radius 1 is 0.296 bits per heavy atom. The van der Waals surface area contributed by atoms with Gasteiger partial charge in [0.2, 0.25) is 0 Å². The summed E-state index contributed by atoms with van der Waals surface area (Å²) in [7, 11) is -4.51. The molecule has 0 aromatic heterocycles. The first kappa shape index (κ1) is 60.3. The number of fused-ring (bicyclic) bond motifs is 8. The van der Waals surface area contributed by atoms with Crippen molar-refractivity contribution >= 4 is 100 Å². The Morgan fingerprint density at radius 2 is 0.481 bits per heavy atom. The molecule has 414 valence electrons. The normalized spacial score (nSPS) is 12.3. The summed E-state index contributed by atoms with van der Waals surface area (Å²) in [6, 6.07) is 45.7. The van der Waals surface area contributed by atoms with Gasteiger partial charge in [-0.2, -0.15) is 0 Å². The van der Waals surface area contributed by atoms with Gasteiger partial charge in [0.15, 0.2) is 11.6 Å². The van der Waals surface area contributed by atoms with Crippen molar-refractivity contribution in [3.63, 3.8) is 0 Å². The Morgan fingerprint density at radius 3 is 0.642 bits per heavy atom. The fourth-order valence-corrected chi connectivity index (χ4v) is 19.6. The van der Waals surface area contributed by atoms with Crippen LogP contribution in [0.2, 0.25) is 54.4 Å². The highest BCUT2D eigenvalue weighted by molar-refractivity contribution is 6.88. The molecule has 1 aliphatic carbocycles. The second-order valence-electron chi connectivity index (χ2n) is 23.6. The molecule has 0 N–H and O–H groups in total. The molecule has 0 saturated carbocycles. The van der Waals surface area contributed by atoms with E-state index < -0.39 is 24.2 Å². The van der Waals surface area contributed by atoms with Crippen LogP contribution in [0.4, 0.5) is 0 Å². The van der Waals surface area contributed by atoms with E-state index >= 15 is 0 Å². The van der Waals surface area contributed by atoms with E-state index in [0.29, 0.717) is 22.3 Å². The Bertz CT molecular complexity index is 3700. The molecule has 1 aliphatic rings. The van der Waals surface area contributed by atoms with Crippen LogP contribution in [0.3, 0.4) is 0 Å². The molecule has 0 heterocycles. The molecule has 5 heteroatoms. The summed E-state index contributed by atoms with van der Waals surface area (Å²) in [6.45, 7) is 37.9. The van der Waals surface area contributed by atoms with Gasteiger partial charge < -0.3 is 0 Å². The molecule has 0 bridgehead atoms. The van der Waals surface area contributed by atoms with Crippen molar-refractivity contribution in [3.8, 4) is 34.9 Å². The van der Waals surface area contributed by atoms with Gasteiger partial charge in [-0.3, -0.25) is 9.59 Å². The first-order chi connectivity index (χ1) is 38.7. The summed E-state index contributed by atoms with van der Waals surface area (Å²) in [5, 5.41) is 14.5. The molecule has 0 amide bonds. The van der Waals surface area contributed by atoms with Gasteiger partial charge in [0.05, 0.1) is 0 Å². The number of carbonyl (C=O) groups is 2. The zero-order chi connectivity index (χ0) is 58.9. The highest BCUT2D eigenvalue weighted by atomic mass is 28.3. The highest BCUT2D eigenvalue weighted by Crippen LogP contribution is 2.41. The Balaban J connectivity index is 0.000000197. The van der Waals surface area contributed by atoms with E-state index in [4.69, 9.17) is 6.42 Å². The molecular weight excluding hydrogens is 1030 g/mol. The Hall–Kier alpha value is -6.79. The van der Waals surface area contributed by atoms with E-state index in [1.807, 2.05) is 52.0 Å². The molecule has 0 atom stereocenters. The van der Waals surface area contributed by atoms with Gasteiger partial charge in [-0.25, -0.2) is 0 Å². The quantitative estimate of drug-likeness (QED) is 0.0820. The number of terminal acetylenes is 1. The lowest BCUT2D eigenvalue weighted by molar-refractivity contribution is 0.0979. The average Bonchev–Trinajstić information content (AvgIpc) is 3.65. The SMILES string of the molecule is C#C[Si](CC)(CC)CC.CC[Si](C#Cc1c2cc3c(C)ccc(C)c3cc2c(C#C[Si](CC)(CC)CC)c2cc3c(C)ccc(C)c3cc12)(CC)CC.Cc1ccc(C)c2cc3c(cc12)C(=O)c1cc2c(C)ccc(C)c2cc1C3=O. The van der Waals surface area contributed by atoms with Crippen molar-refractivity contribution in [2.24, 2.45) is 0 Å². The summed E-state index contributed by atoms with van der Waals surface area (Å²) in [6.07, 6.45) is 5.45. The number of hydrogen-bond acceptors (Lipinski definition) is 2. The lowest BCUT2D eigenvalue weighted by Gasteiger charge is -2.21. The van der Waals surface area contributed by atoms with Crippen LogP contribution in [0, 0.1) is 90.3 Å². The van der Waals surface area contributed by atoms with Crippen LogP contribution in [0.15, 0.2) is 97.1 Å². The summed E-state index contributed by atoms with van der Waals surface area (Å²) in [4.78, 5) is 26.8. The molecule has 2 nitrogen and oxygen atoms in total. The predicted octanol–water partition coefficient (Wildman–Crippen LogP) is 21.0. The second-order valence-corrected chi connectivity index (χ2v) is 38.5. The maximum atomic E-state index is 13.4. The third-order valence-electron chi connectivity index (χ3n) is 19.7. The van der Waals surface area contributed by atoms with Gasteiger partial charge in [0.1, 0.15) is 24.2 Å². The molecule has 0 unspecified atom stereocenters. The van der Waals surface area contributed by atoms with E-state index in [-0.39, 0.29) is 11.6 Å². The minimum Gasteiger partial charge on any atom is -0.289 e. The second kappa shape index (κ2) is 24.3. The third kappa shape index (κ3) is 11.1. The molecular formula is C76H86O2Si3. The monoisotopic (exact) mass is 1110 g/mol. The number of benzene rings is 9. The van der Waals surface area contributed by atoms with Gasteiger partial charge in [-0.15, -0.1) is 23.1 Å². The lowest BCUT2D eigenvalue weighted by atomic mass is 9.80. The maximum Gasteiger partial charge on any atom is 0.194 e. The van der Waals surface area contributed by atoms with Gasteiger partial charge in [-0.1, -0.05) is 123 Å². The summed E-state index contributed by atoms with van der Waals surface area (Å²) in [5.74, 6) is 7.73. The highest BCUT2D eigenvalue weighted by Gasteiger charge is 2.32. The standard InChI is InChI=1S/C42H50Si2.C26H20O2.C8H16Si/c1-11-43(12-2,13-3)23-21-33-39-25-35-29(7)17-19-31(9)37(35)27-41(39)34(22-24-44(14-4,15-5)16-6)42-28-38-32(10)20-18-30(8)36(38)26-40(33)42;1-13-5-6-14(2)18-10-22-21(9-17(13)18)25(27)23-11-19-15(3)7-8-16(4)20(19)12-24(23)26(22)28;1-5-9(6-2,7-3)8-4/h17-20,25-28H,11-16H2,1-10H3;5-12H,1-4H3;1H,6-8H2,2-4H3. The van der Waals surface area contributed by atoms with Crippen molar-refractivity contribution in [1.82, 2.24) is 0 Å². The number of hydrogen-bond donors (Lipinski definition) is 0. The van der Waals surface area contributed by atoms with Gasteiger partial charge in [0.25, 0.3) is 0 Å². The van der Waals surface area contributed by atoms with Crippen LogP contribution >= 0.6 is 0 Å². The van der Waals surface area contributed by atoms with Crippen LogP contribution in [0.5, 0.6) is 0 Å². The lowest BCUT2D eigenvalue weighted by Crippen LogP contribution is -2.29. The fourth-order valence-electron chi connectivity index (χ4n) is 12.6. The minimum atomic E-state index is -1.67. The number of ketones is 2. The predicted molar refractivity (Wildman–Crippen MR) is 363 cm³/mol. The van der Waals surface area contributed by atoms with Crippen molar-refractivity contribution in [2.45, 2.75) is 172 Å². The zero-order valence-corrected chi connectivity index (χ0v) is 55.0. The first-order valence-corrected chi connectivity index (χ1v) is 38.1. The van der Waals surface area contributed by atoms with Crippen molar-refractivity contribution in [3.05, 3.63) is 175 Å². The summed E-state index contributed by atoms with van der Waals surface area (Å²) < 4.78 is 0. The number of carbonyl (C=O) groups excluding carboxylic acids is 2. The average molecular weight is 1120 g/mol. The van der Waals surface area contributed by atoms with Crippen LogP contribution < -0.4 is 0 Å². The van der Waals surface area contributed by atoms with Crippen molar-refractivity contribution < 1.29 is 9.59 Å². The van der Waals surface area contributed by atoms with Gasteiger partial charge >= 0.3 is 0 Å². The van der Waals surface area contributed by atoms with Gasteiger partial charge in [0, 0.05) is 33.4 Å². The molecule has 9 aromatic rings. The van der Waals surface area contributed by atoms with E-state index in [2.05, 4.69) is 191 Å². The topological polar surface area (TPSA) is 34.1 Å². The molecule has 0 aliphatic heterocycles. The third-order valence-corrected chi connectivity index (χ3v) is 33.8. The molecule has 9 aromatic carbocycles. The molecule has 0 saturated heterocycles. The molecule has 0 radical (unpaired) electrons. The zero-order valence-electron chi connectivity index (χ0n) is 52.0. The maximum absolute atomic E-state index is 13.4. The first-order valence-electron chi connectivity index (χ1n) is 30.3. The fraction of sp³-hybridized carbons (Fsp3) is 0.342.